The summed E-state index contributed by atoms with van der Waals surface area (Å²) in [5.41, 5.74) is 1.84. The first-order valence-electron chi connectivity index (χ1n) is 9.74. The molecule has 2 aromatic heterocycles. The SMILES string of the molecule is CC.CCCNc1nccc(-c2ccn(C(C)c3ccc(Cl)c(F)c3)c(=O)c2)n1. The monoisotopic (exact) mass is 416 g/mol. The number of hydrogen-bond donors (Lipinski definition) is 1. The molecule has 0 amide bonds. The molecule has 154 valence electrons. The molecule has 0 aliphatic heterocycles. The fourth-order valence-corrected chi connectivity index (χ4v) is 2.86. The molecule has 5 nitrogen and oxygen atoms in total. The van der Waals surface area contributed by atoms with Crippen LogP contribution in [0, 0.1) is 5.82 Å². The van der Waals surface area contributed by atoms with Crippen LogP contribution in [0.2, 0.25) is 5.02 Å². The summed E-state index contributed by atoms with van der Waals surface area (Å²) >= 11 is 5.73. The zero-order chi connectivity index (χ0) is 21.4. The van der Waals surface area contributed by atoms with Crippen LogP contribution in [0.15, 0.2) is 53.6 Å². The molecule has 3 rings (SSSR count). The van der Waals surface area contributed by atoms with Crippen LogP contribution < -0.4 is 10.9 Å². The second-order valence-corrected chi connectivity index (χ2v) is 6.61. The van der Waals surface area contributed by atoms with Gasteiger partial charge in [0, 0.05) is 30.6 Å². The molecule has 1 aromatic carbocycles. The number of halogens is 2. The van der Waals surface area contributed by atoms with Gasteiger partial charge in [0.25, 0.3) is 5.56 Å². The summed E-state index contributed by atoms with van der Waals surface area (Å²) in [6.45, 7) is 8.67. The molecule has 29 heavy (non-hydrogen) atoms. The van der Waals surface area contributed by atoms with Crippen molar-refractivity contribution in [3.63, 3.8) is 0 Å². The van der Waals surface area contributed by atoms with E-state index in [1.807, 2.05) is 26.8 Å². The zero-order valence-electron chi connectivity index (χ0n) is 17.1. The summed E-state index contributed by atoms with van der Waals surface area (Å²) in [7, 11) is 0. The lowest BCUT2D eigenvalue weighted by atomic mass is 10.1. The summed E-state index contributed by atoms with van der Waals surface area (Å²) in [6.07, 6.45) is 4.31. The van der Waals surface area contributed by atoms with Gasteiger partial charge in [0.05, 0.1) is 16.8 Å². The summed E-state index contributed by atoms with van der Waals surface area (Å²) in [4.78, 5) is 21.2. The van der Waals surface area contributed by atoms with E-state index in [4.69, 9.17) is 11.6 Å². The Balaban J connectivity index is 0.00000145. The first kappa shape index (κ1) is 22.6. The van der Waals surface area contributed by atoms with Crippen LogP contribution in [-0.4, -0.2) is 21.1 Å². The van der Waals surface area contributed by atoms with E-state index in [0.29, 0.717) is 22.8 Å². The third-order valence-electron chi connectivity index (χ3n) is 4.28. The van der Waals surface area contributed by atoms with E-state index in [9.17, 15) is 9.18 Å². The normalized spacial score (nSPS) is 11.4. The highest BCUT2D eigenvalue weighted by atomic mass is 35.5. The molecular weight excluding hydrogens is 391 g/mol. The van der Waals surface area contributed by atoms with E-state index >= 15 is 0 Å². The van der Waals surface area contributed by atoms with Gasteiger partial charge in [-0.2, -0.15) is 0 Å². The number of rotatable bonds is 6. The third kappa shape index (κ3) is 5.64. The first-order chi connectivity index (χ1) is 14.0. The van der Waals surface area contributed by atoms with Gasteiger partial charge >= 0.3 is 0 Å². The predicted molar refractivity (Wildman–Crippen MR) is 117 cm³/mol. The minimum Gasteiger partial charge on any atom is -0.354 e. The first-order valence-corrected chi connectivity index (χ1v) is 10.1. The van der Waals surface area contributed by atoms with Crippen molar-refractivity contribution in [2.24, 2.45) is 0 Å². The maximum atomic E-state index is 13.7. The third-order valence-corrected chi connectivity index (χ3v) is 4.58. The number of pyridine rings is 1. The second kappa shape index (κ2) is 10.7. The van der Waals surface area contributed by atoms with Crippen molar-refractivity contribution in [2.45, 2.75) is 40.2 Å². The minimum atomic E-state index is -0.501. The Labute approximate surface area is 175 Å². The summed E-state index contributed by atoms with van der Waals surface area (Å²) in [5, 5.41) is 3.19. The summed E-state index contributed by atoms with van der Waals surface area (Å²) < 4.78 is 15.3. The van der Waals surface area contributed by atoms with E-state index < -0.39 is 5.82 Å². The van der Waals surface area contributed by atoms with E-state index in [1.165, 1.54) is 18.2 Å². The molecular formula is C22H26ClFN4O. The van der Waals surface area contributed by atoms with E-state index in [-0.39, 0.29) is 16.6 Å². The topological polar surface area (TPSA) is 59.8 Å². The molecule has 0 aliphatic carbocycles. The highest BCUT2D eigenvalue weighted by Gasteiger charge is 2.13. The second-order valence-electron chi connectivity index (χ2n) is 6.20. The lowest BCUT2D eigenvalue weighted by Crippen LogP contribution is -2.22. The Hall–Kier alpha value is -2.73. The van der Waals surface area contributed by atoms with Gasteiger partial charge in [-0.1, -0.05) is 38.4 Å². The van der Waals surface area contributed by atoms with Crippen molar-refractivity contribution >= 4 is 17.5 Å². The average Bonchev–Trinajstić information content (AvgIpc) is 2.75. The zero-order valence-corrected chi connectivity index (χ0v) is 17.9. The van der Waals surface area contributed by atoms with Gasteiger partial charge in [0.15, 0.2) is 0 Å². The van der Waals surface area contributed by atoms with Crippen molar-refractivity contribution in [3.05, 3.63) is 75.5 Å². The molecule has 0 saturated heterocycles. The number of nitrogens with one attached hydrogen (secondary N) is 1. The van der Waals surface area contributed by atoms with Gasteiger partial charge in [0.1, 0.15) is 5.82 Å². The molecule has 0 radical (unpaired) electrons. The van der Waals surface area contributed by atoms with Crippen molar-refractivity contribution < 1.29 is 4.39 Å². The van der Waals surface area contributed by atoms with Gasteiger partial charge in [-0.15, -0.1) is 0 Å². The van der Waals surface area contributed by atoms with Crippen LogP contribution in [0.5, 0.6) is 0 Å². The molecule has 0 saturated carbocycles. The molecule has 0 spiro atoms. The highest BCUT2D eigenvalue weighted by Crippen LogP contribution is 2.23. The minimum absolute atomic E-state index is 0.0601. The lowest BCUT2D eigenvalue weighted by molar-refractivity contribution is 0.593. The summed E-state index contributed by atoms with van der Waals surface area (Å²) in [5.74, 6) is 0.0299. The summed E-state index contributed by atoms with van der Waals surface area (Å²) in [6, 6.07) is 9.33. The molecule has 1 atom stereocenters. The fraction of sp³-hybridized carbons (Fsp3) is 0.318. The van der Waals surface area contributed by atoms with Crippen LogP contribution in [0.3, 0.4) is 0 Å². The van der Waals surface area contributed by atoms with Crippen molar-refractivity contribution in [1.82, 2.24) is 14.5 Å². The van der Waals surface area contributed by atoms with Gasteiger partial charge < -0.3 is 9.88 Å². The van der Waals surface area contributed by atoms with Crippen LogP contribution in [-0.2, 0) is 0 Å². The Morgan fingerprint density at radius 1 is 1.21 bits per heavy atom. The van der Waals surface area contributed by atoms with E-state index in [1.54, 1.807) is 29.1 Å². The Morgan fingerprint density at radius 3 is 2.62 bits per heavy atom. The molecule has 2 heterocycles. The number of benzene rings is 1. The lowest BCUT2D eigenvalue weighted by Gasteiger charge is -2.16. The van der Waals surface area contributed by atoms with Gasteiger partial charge in [-0.3, -0.25) is 4.79 Å². The van der Waals surface area contributed by atoms with Crippen LogP contribution in [0.4, 0.5) is 10.3 Å². The Morgan fingerprint density at radius 2 is 1.97 bits per heavy atom. The maximum Gasteiger partial charge on any atom is 0.251 e. The highest BCUT2D eigenvalue weighted by molar-refractivity contribution is 6.30. The van der Waals surface area contributed by atoms with Crippen molar-refractivity contribution in [2.75, 3.05) is 11.9 Å². The van der Waals surface area contributed by atoms with Crippen LogP contribution in [0.25, 0.3) is 11.3 Å². The number of aromatic nitrogens is 3. The van der Waals surface area contributed by atoms with Gasteiger partial charge in [0.2, 0.25) is 5.95 Å². The quantitative estimate of drug-likeness (QED) is 0.571. The molecule has 1 N–H and O–H groups in total. The molecule has 0 bridgehead atoms. The molecule has 0 aliphatic rings. The molecule has 7 heteroatoms. The molecule has 1 unspecified atom stereocenters. The Kier molecular flexibility index (Phi) is 8.34. The van der Waals surface area contributed by atoms with Crippen molar-refractivity contribution in [1.29, 1.82) is 0 Å². The Bertz CT molecular complexity index is 1010. The van der Waals surface area contributed by atoms with E-state index in [2.05, 4.69) is 22.2 Å². The van der Waals surface area contributed by atoms with Gasteiger partial charge in [-0.25, -0.2) is 14.4 Å². The average molecular weight is 417 g/mol. The smallest absolute Gasteiger partial charge is 0.251 e. The van der Waals surface area contributed by atoms with Crippen LogP contribution in [0.1, 0.15) is 45.7 Å². The number of anilines is 1. The van der Waals surface area contributed by atoms with E-state index in [0.717, 1.165) is 13.0 Å². The number of nitrogens with zero attached hydrogens (tertiary/aromatic N) is 3. The molecule has 0 fully saturated rings. The van der Waals surface area contributed by atoms with Crippen molar-refractivity contribution in [3.8, 4) is 11.3 Å². The number of hydrogen-bond acceptors (Lipinski definition) is 4. The molecule has 3 aromatic rings. The van der Waals surface area contributed by atoms with Crippen LogP contribution >= 0.6 is 11.6 Å². The maximum absolute atomic E-state index is 13.7. The van der Waals surface area contributed by atoms with Gasteiger partial charge in [-0.05, 0) is 43.2 Å². The standard InChI is InChI=1S/C20H20ClFN4O.C2H6/c1-3-8-23-20-24-9-6-18(25-20)15-7-10-26(19(27)12-15)13(2)14-4-5-16(21)17(22)11-14;1-2/h4-7,9-13H,3,8H2,1-2H3,(H,23,24,25);1-2H3. The largest absolute Gasteiger partial charge is 0.354 e. The fourth-order valence-electron chi connectivity index (χ4n) is 2.74. The predicted octanol–water partition coefficient (Wildman–Crippen LogP) is 5.56.